The number of rotatable bonds is 6. The van der Waals surface area contributed by atoms with Gasteiger partial charge in [-0.2, -0.15) is 0 Å². The van der Waals surface area contributed by atoms with Crippen molar-refractivity contribution in [2.45, 2.75) is 24.7 Å². The van der Waals surface area contributed by atoms with Gasteiger partial charge in [0, 0.05) is 33.6 Å². The molecule has 2 aromatic rings. The van der Waals surface area contributed by atoms with E-state index in [0.717, 1.165) is 5.56 Å². The molecule has 0 aliphatic heterocycles. The van der Waals surface area contributed by atoms with E-state index in [-0.39, 0.29) is 0 Å². The van der Waals surface area contributed by atoms with Crippen LogP contribution in [0.5, 0.6) is 0 Å². The van der Waals surface area contributed by atoms with Crippen molar-refractivity contribution in [1.29, 1.82) is 0 Å². The van der Waals surface area contributed by atoms with Crippen LogP contribution in [0.1, 0.15) is 16.7 Å². The largest absolute Gasteiger partial charge is 0.350 e. The highest BCUT2D eigenvalue weighted by atomic mass is 31.2. The topological polar surface area (TPSA) is 47.6 Å². The quantitative estimate of drug-likeness (QED) is 0.819. The van der Waals surface area contributed by atoms with E-state index in [2.05, 4.69) is 17.4 Å². The van der Waals surface area contributed by atoms with Crippen LogP contribution in [0.2, 0.25) is 0 Å². The molecule has 0 fully saturated rings. The molecule has 0 amide bonds. The number of hydrogen-bond acceptors (Lipinski definition) is 4. The third-order valence-electron chi connectivity index (χ3n) is 4.55. The van der Waals surface area contributed by atoms with Crippen molar-refractivity contribution in [3.8, 4) is 0 Å². The fourth-order valence-corrected chi connectivity index (χ4v) is 5.15. The van der Waals surface area contributed by atoms with E-state index in [4.69, 9.17) is 9.05 Å². The van der Waals surface area contributed by atoms with E-state index in [1.807, 2.05) is 42.5 Å². The lowest BCUT2D eigenvalue weighted by atomic mass is 10.1. The molecule has 0 saturated heterocycles. The van der Waals surface area contributed by atoms with Gasteiger partial charge >= 0.3 is 7.60 Å². The van der Waals surface area contributed by atoms with Gasteiger partial charge in [0.15, 0.2) is 0 Å². The molecule has 0 atom stereocenters. The van der Waals surface area contributed by atoms with Crippen molar-refractivity contribution in [2.75, 3.05) is 14.2 Å². The minimum absolute atomic E-state index is 0.617. The normalized spacial score (nSPS) is 16.3. The molecule has 5 heteroatoms. The molecular formula is C18H22NO3P. The minimum atomic E-state index is -3.29. The SMILES string of the molecule is COP(=O)(OC)C1(NCc2ccccc2)Cc2ccccc2C1. The van der Waals surface area contributed by atoms with E-state index in [9.17, 15) is 4.57 Å². The van der Waals surface area contributed by atoms with Crippen molar-refractivity contribution in [2.24, 2.45) is 0 Å². The second kappa shape index (κ2) is 6.58. The van der Waals surface area contributed by atoms with Gasteiger partial charge in [0.05, 0.1) is 0 Å². The molecule has 4 nitrogen and oxygen atoms in total. The first-order valence-corrected chi connectivity index (χ1v) is 9.24. The predicted molar refractivity (Wildman–Crippen MR) is 91.5 cm³/mol. The number of fused-ring (bicyclic) bond motifs is 1. The summed E-state index contributed by atoms with van der Waals surface area (Å²) in [5, 5.41) is 2.76. The van der Waals surface area contributed by atoms with Gasteiger partial charge in [-0.15, -0.1) is 0 Å². The van der Waals surface area contributed by atoms with Gasteiger partial charge in [0.25, 0.3) is 0 Å². The third kappa shape index (κ3) is 3.00. The van der Waals surface area contributed by atoms with Crippen molar-refractivity contribution < 1.29 is 13.6 Å². The molecular weight excluding hydrogens is 309 g/mol. The van der Waals surface area contributed by atoms with Crippen LogP contribution in [0.15, 0.2) is 54.6 Å². The van der Waals surface area contributed by atoms with E-state index in [1.165, 1.54) is 25.3 Å². The zero-order valence-corrected chi connectivity index (χ0v) is 14.4. The molecule has 0 radical (unpaired) electrons. The molecule has 0 bridgehead atoms. The summed E-state index contributed by atoms with van der Waals surface area (Å²) in [5.41, 5.74) is 3.53. The maximum atomic E-state index is 13.3. The highest BCUT2D eigenvalue weighted by Gasteiger charge is 2.53. The second-order valence-corrected chi connectivity index (χ2v) is 8.44. The lowest BCUT2D eigenvalue weighted by Crippen LogP contribution is -2.46. The molecule has 0 aromatic heterocycles. The van der Waals surface area contributed by atoms with Crippen LogP contribution < -0.4 is 5.32 Å². The lowest BCUT2D eigenvalue weighted by molar-refractivity contribution is 0.230. The van der Waals surface area contributed by atoms with Crippen molar-refractivity contribution in [1.82, 2.24) is 5.32 Å². The molecule has 3 rings (SSSR count). The van der Waals surface area contributed by atoms with Crippen LogP contribution in [0.3, 0.4) is 0 Å². The lowest BCUT2D eigenvalue weighted by Gasteiger charge is -2.35. The number of benzene rings is 2. The first-order valence-electron chi connectivity index (χ1n) is 7.70. The summed E-state index contributed by atoms with van der Waals surface area (Å²) in [6.45, 7) is 0.617. The molecule has 0 spiro atoms. The summed E-state index contributed by atoms with van der Waals surface area (Å²) >= 11 is 0. The Morgan fingerprint density at radius 3 is 2.00 bits per heavy atom. The molecule has 1 aliphatic rings. The maximum absolute atomic E-state index is 13.3. The Kier molecular flexibility index (Phi) is 4.69. The summed E-state index contributed by atoms with van der Waals surface area (Å²) in [6, 6.07) is 18.3. The Bertz CT molecular complexity index is 684. The molecule has 0 heterocycles. The van der Waals surface area contributed by atoms with Crippen LogP contribution in [-0.2, 0) is 33.0 Å². The zero-order valence-electron chi connectivity index (χ0n) is 13.5. The second-order valence-electron chi connectivity index (χ2n) is 5.86. The van der Waals surface area contributed by atoms with E-state index < -0.39 is 12.9 Å². The van der Waals surface area contributed by atoms with Crippen molar-refractivity contribution in [3.63, 3.8) is 0 Å². The molecule has 0 saturated carbocycles. The van der Waals surface area contributed by atoms with Crippen LogP contribution >= 0.6 is 7.60 Å². The summed E-state index contributed by atoms with van der Waals surface area (Å²) in [6.07, 6.45) is 1.27. The Balaban J connectivity index is 1.91. The summed E-state index contributed by atoms with van der Waals surface area (Å²) in [4.78, 5) is 0. The Morgan fingerprint density at radius 2 is 1.48 bits per heavy atom. The van der Waals surface area contributed by atoms with Gasteiger partial charge in [0.2, 0.25) is 0 Å². The smallest absolute Gasteiger partial charge is 0.311 e. The average Bonchev–Trinajstić information content (AvgIpc) is 3.00. The van der Waals surface area contributed by atoms with Crippen LogP contribution in [0.4, 0.5) is 0 Å². The summed E-state index contributed by atoms with van der Waals surface area (Å²) < 4.78 is 24.0. The average molecular weight is 331 g/mol. The van der Waals surface area contributed by atoms with Gasteiger partial charge in [-0.1, -0.05) is 54.6 Å². The van der Waals surface area contributed by atoms with Crippen molar-refractivity contribution in [3.05, 3.63) is 71.3 Å². The fourth-order valence-electron chi connectivity index (χ4n) is 3.30. The standard InChI is InChI=1S/C18H22NO3P/c1-21-23(20,22-2)18(19-14-15-8-4-3-5-9-15)12-16-10-6-7-11-17(16)13-18/h3-11,19H,12-14H2,1-2H3. The van der Waals surface area contributed by atoms with Gasteiger partial charge in [-0.3, -0.25) is 9.88 Å². The van der Waals surface area contributed by atoms with Crippen LogP contribution in [-0.4, -0.2) is 19.5 Å². The molecule has 122 valence electrons. The third-order valence-corrected chi connectivity index (χ3v) is 7.04. The van der Waals surface area contributed by atoms with Gasteiger partial charge < -0.3 is 9.05 Å². The predicted octanol–water partition coefficient (Wildman–Crippen LogP) is 3.76. The first-order chi connectivity index (χ1) is 11.1. The van der Waals surface area contributed by atoms with Crippen LogP contribution in [0, 0.1) is 0 Å². The van der Waals surface area contributed by atoms with Gasteiger partial charge in [-0.25, -0.2) is 0 Å². The minimum Gasteiger partial charge on any atom is -0.311 e. The Labute approximate surface area is 137 Å². The highest BCUT2D eigenvalue weighted by Crippen LogP contribution is 2.62. The maximum Gasteiger partial charge on any atom is 0.350 e. The summed E-state index contributed by atoms with van der Waals surface area (Å²) in [5.74, 6) is 0. The van der Waals surface area contributed by atoms with E-state index in [0.29, 0.717) is 19.4 Å². The van der Waals surface area contributed by atoms with E-state index in [1.54, 1.807) is 0 Å². The number of nitrogens with one attached hydrogen (secondary N) is 1. The Hall–Kier alpha value is -1.45. The van der Waals surface area contributed by atoms with Crippen molar-refractivity contribution >= 4 is 7.60 Å². The monoisotopic (exact) mass is 331 g/mol. The molecule has 1 aliphatic carbocycles. The fraction of sp³-hybridized carbons (Fsp3) is 0.333. The molecule has 2 aromatic carbocycles. The first kappa shape index (κ1) is 16.4. The van der Waals surface area contributed by atoms with Gasteiger partial charge in [0.1, 0.15) is 5.28 Å². The number of hydrogen-bond donors (Lipinski definition) is 1. The highest BCUT2D eigenvalue weighted by molar-refractivity contribution is 7.55. The Morgan fingerprint density at radius 1 is 0.957 bits per heavy atom. The molecule has 1 N–H and O–H groups in total. The van der Waals surface area contributed by atoms with Gasteiger partial charge in [-0.05, 0) is 16.7 Å². The zero-order chi connectivity index (χ0) is 16.3. The van der Waals surface area contributed by atoms with E-state index >= 15 is 0 Å². The van der Waals surface area contributed by atoms with Crippen LogP contribution in [0.25, 0.3) is 0 Å². The summed E-state index contributed by atoms with van der Waals surface area (Å²) in [7, 11) is -0.375. The molecule has 0 unspecified atom stereocenters. The molecule has 23 heavy (non-hydrogen) atoms.